The Morgan fingerprint density at radius 2 is 1.92 bits per heavy atom. The van der Waals surface area contributed by atoms with Crippen LogP contribution in [0.15, 0.2) is 60.0 Å². The number of rotatable bonds is 6. The second kappa shape index (κ2) is 11.0. The van der Waals surface area contributed by atoms with Crippen LogP contribution in [-0.4, -0.2) is 72.4 Å². The van der Waals surface area contributed by atoms with Gasteiger partial charge in [0, 0.05) is 55.6 Å². The van der Waals surface area contributed by atoms with Crippen molar-refractivity contribution in [2.24, 2.45) is 0 Å². The molecule has 2 aliphatic heterocycles. The highest BCUT2D eigenvalue weighted by atomic mass is 32.1. The molecule has 0 N–H and O–H groups in total. The second-order valence-corrected chi connectivity index (χ2v) is 10.7. The number of thiophene rings is 1. The summed E-state index contributed by atoms with van der Waals surface area (Å²) < 4.78 is 19.3. The van der Waals surface area contributed by atoms with Crippen molar-refractivity contribution in [2.45, 2.75) is 31.8 Å². The fourth-order valence-corrected chi connectivity index (χ4v) is 6.39. The largest absolute Gasteiger partial charge is 0.497 e. The Bertz CT molecular complexity index is 1280. The zero-order valence-corrected chi connectivity index (χ0v) is 22.0. The predicted molar refractivity (Wildman–Crippen MR) is 143 cm³/mol. The van der Waals surface area contributed by atoms with Crippen LogP contribution in [0.4, 0.5) is 4.39 Å². The monoisotopic (exact) mass is 521 g/mol. The third-order valence-electron chi connectivity index (χ3n) is 7.40. The van der Waals surface area contributed by atoms with E-state index in [0.29, 0.717) is 43.9 Å². The lowest BCUT2D eigenvalue weighted by Gasteiger charge is -2.41. The Hall–Kier alpha value is -3.23. The molecule has 1 aromatic heterocycles. The van der Waals surface area contributed by atoms with Gasteiger partial charge in [0.1, 0.15) is 11.6 Å². The van der Waals surface area contributed by atoms with Crippen molar-refractivity contribution >= 4 is 23.2 Å². The van der Waals surface area contributed by atoms with E-state index in [-0.39, 0.29) is 29.7 Å². The highest BCUT2D eigenvalue weighted by Gasteiger charge is 2.33. The van der Waals surface area contributed by atoms with Gasteiger partial charge in [0.2, 0.25) is 5.91 Å². The molecule has 0 bridgehead atoms. The molecule has 2 amide bonds. The summed E-state index contributed by atoms with van der Waals surface area (Å²) >= 11 is 1.75. The average molecular weight is 522 g/mol. The number of amides is 2. The molecule has 5 rings (SSSR count). The van der Waals surface area contributed by atoms with Gasteiger partial charge in [-0.15, -0.1) is 11.3 Å². The first-order chi connectivity index (χ1) is 17.9. The first kappa shape index (κ1) is 25.4. The lowest BCUT2D eigenvalue weighted by Crippen LogP contribution is -2.55. The van der Waals surface area contributed by atoms with Crippen LogP contribution in [0.2, 0.25) is 0 Å². The fraction of sp³-hybridized carbons (Fsp3) is 0.379. The predicted octanol–water partition coefficient (Wildman–Crippen LogP) is 4.61. The molecule has 194 valence electrons. The smallest absolute Gasteiger partial charge is 0.254 e. The quantitative estimate of drug-likeness (QED) is 0.476. The number of hydrogen-bond donors (Lipinski definition) is 0. The second-order valence-electron chi connectivity index (χ2n) is 9.71. The van der Waals surface area contributed by atoms with E-state index in [9.17, 15) is 14.0 Å². The molecule has 2 unspecified atom stereocenters. The number of benzene rings is 2. The first-order valence-electron chi connectivity index (χ1n) is 12.7. The van der Waals surface area contributed by atoms with Gasteiger partial charge in [-0.1, -0.05) is 18.2 Å². The molecule has 1 fully saturated rings. The van der Waals surface area contributed by atoms with E-state index in [1.807, 2.05) is 34.9 Å². The summed E-state index contributed by atoms with van der Waals surface area (Å²) in [5.41, 5.74) is 2.73. The van der Waals surface area contributed by atoms with E-state index < -0.39 is 0 Å². The first-order valence-corrected chi connectivity index (χ1v) is 13.6. The number of hydrogen-bond acceptors (Lipinski definition) is 5. The molecule has 3 aromatic rings. The molecule has 1 saturated heterocycles. The summed E-state index contributed by atoms with van der Waals surface area (Å²) in [6.07, 6.45) is 1.33. The van der Waals surface area contributed by atoms with Gasteiger partial charge in [0.05, 0.1) is 13.2 Å². The van der Waals surface area contributed by atoms with Crippen LogP contribution >= 0.6 is 11.3 Å². The van der Waals surface area contributed by atoms with Gasteiger partial charge < -0.3 is 14.5 Å². The SMILES string of the molecule is COc1cccc(C(=O)N2CCN(C(=O)CCN3CCc4sccc4C3c3cccc(F)c3)CC2C)c1. The maximum Gasteiger partial charge on any atom is 0.254 e. The van der Waals surface area contributed by atoms with Crippen molar-refractivity contribution in [1.29, 1.82) is 0 Å². The van der Waals surface area contributed by atoms with E-state index >= 15 is 0 Å². The summed E-state index contributed by atoms with van der Waals surface area (Å²) in [7, 11) is 1.58. The molecule has 0 aliphatic carbocycles. The summed E-state index contributed by atoms with van der Waals surface area (Å²) in [6, 6.07) is 16.0. The minimum absolute atomic E-state index is 0.0451. The maximum atomic E-state index is 14.1. The summed E-state index contributed by atoms with van der Waals surface area (Å²) in [4.78, 5) is 33.7. The van der Waals surface area contributed by atoms with Gasteiger partial charge in [-0.05, 0) is 66.2 Å². The van der Waals surface area contributed by atoms with Crippen LogP contribution in [0, 0.1) is 5.82 Å². The minimum Gasteiger partial charge on any atom is -0.497 e. The number of piperazine rings is 1. The number of methoxy groups -OCH3 is 1. The number of ether oxygens (including phenoxy) is 1. The Labute approximate surface area is 221 Å². The van der Waals surface area contributed by atoms with Crippen molar-refractivity contribution in [3.8, 4) is 5.75 Å². The average Bonchev–Trinajstić information content (AvgIpc) is 3.40. The Balaban J connectivity index is 1.22. The molecular formula is C29H32FN3O3S. The topological polar surface area (TPSA) is 53.1 Å². The minimum atomic E-state index is -0.244. The van der Waals surface area contributed by atoms with E-state index in [1.165, 1.54) is 16.5 Å². The molecule has 3 heterocycles. The molecule has 2 aliphatic rings. The highest BCUT2D eigenvalue weighted by molar-refractivity contribution is 7.10. The van der Waals surface area contributed by atoms with Crippen LogP contribution < -0.4 is 4.74 Å². The molecule has 0 spiro atoms. The molecule has 37 heavy (non-hydrogen) atoms. The molecule has 8 heteroatoms. The number of carbonyl (C=O) groups is 2. The van der Waals surface area contributed by atoms with Crippen LogP contribution in [0.3, 0.4) is 0 Å². The van der Waals surface area contributed by atoms with Crippen molar-refractivity contribution in [3.63, 3.8) is 0 Å². The number of halogens is 1. The Kier molecular flexibility index (Phi) is 7.58. The van der Waals surface area contributed by atoms with Gasteiger partial charge in [-0.25, -0.2) is 4.39 Å². The van der Waals surface area contributed by atoms with E-state index in [1.54, 1.807) is 42.7 Å². The van der Waals surface area contributed by atoms with E-state index in [4.69, 9.17) is 4.74 Å². The number of fused-ring (bicyclic) bond motifs is 1. The standard InChI is InChI=1S/C29H32FN3O3S/c1-20-19-32(14-15-33(20)29(35)22-6-4-8-24(18-22)36-2)27(34)10-13-31-12-9-26-25(11-16-37-26)28(31)21-5-3-7-23(30)17-21/h3-8,11,16-18,20,28H,9-10,12-15,19H2,1-2H3. The van der Waals surface area contributed by atoms with Crippen molar-refractivity contribution in [2.75, 3.05) is 39.8 Å². The molecule has 2 atom stereocenters. The molecular weight excluding hydrogens is 489 g/mol. The van der Waals surface area contributed by atoms with Gasteiger partial charge >= 0.3 is 0 Å². The maximum absolute atomic E-state index is 14.1. The normalized spacial score (nSPS) is 20.0. The molecule has 0 radical (unpaired) electrons. The summed E-state index contributed by atoms with van der Waals surface area (Å²) in [5.74, 6) is 0.452. The number of nitrogens with zero attached hydrogens (tertiary/aromatic N) is 3. The van der Waals surface area contributed by atoms with E-state index in [2.05, 4.69) is 16.3 Å². The van der Waals surface area contributed by atoms with Crippen molar-refractivity contribution in [1.82, 2.24) is 14.7 Å². The highest BCUT2D eigenvalue weighted by Crippen LogP contribution is 2.38. The van der Waals surface area contributed by atoms with Gasteiger partial charge in [0.15, 0.2) is 0 Å². The summed E-state index contributed by atoms with van der Waals surface area (Å²) in [5, 5.41) is 2.10. The van der Waals surface area contributed by atoms with E-state index in [0.717, 1.165) is 18.5 Å². The van der Waals surface area contributed by atoms with Gasteiger partial charge in [0.25, 0.3) is 5.91 Å². The van der Waals surface area contributed by atoms with Crippen molar-refractivity contribution in [3.05, 3.63) is 87.4 Å². The lowest BCUT2D eigenvalue weighted by atomic mass is 9.93. The molecule has 2 aromatic carbocycles. The molecule has 0 saturated carbocycles. The molecule has 6 nitrogen and oxygen atoms in total. The van der Waals surface area contributed by atoms with Gasteiger partial charge in [-0.3, -0.25) is 14.5 Å². The van der Waals surface area contributed by atoms with Crippen molar-refractivity contribution < 1.29 is 18.7 Å². The van der Waals surface area contributed by atoms with Crippen LogP contribution in [-0.2, 0) is 11.2 Å². The zero-order valence-electron chi connectivity index (χ0n) is 21.2. The van der Waals surface area contributed by atoms with Crippen LogP contribution in [0.5, 0.6) is 5.75 Å². The number of carbonyl (C=O) groups excluding carboxylic acids is 2. The zero-order chi connectivity index (χ0) is 25.9. The Morgan fingerprint density at radius 1 is 1.08 bits per heavy atom. The van der Waals surface area contributed by atoms with Crippen LogP contribution in [0.1, 0.15) is 45.7 Å². The third-order valence-corrected chi connectivity index (χ3v) is 8.40. The third kappa shape index (κ3) is 5.40. The summed E-state index contributed by atoms with van der Waals surface area (Å²) in [6.45, 7) is 4.95. The van der Waals surface area contributed by atoms with Crippen LogP contribution in [0.25, 0.3) is 0 Å². The fourth-order valence-electron chi connectivity index (χ4n) is 5.48. The van der Waals surface area contributed by atoms with Gasteiger partial charge in [-0.2, -0.15) is 0 Å². The lowest BCUT2D eigenvalue weighted by molar-refractivity contribution is -0.134. The Morgan fingerprint density at radius 3 is 2.70 bits per heavy atom.